The van der Waals surface area contributed by atoms with Gasteiger partial charge >= 0.3 is 6.09 Å². The van der Waals surface area contributed by atoms with Crippen molar-refractivity contribution >= 4 is 23.6 Å². The number of carboxylic acid groups (broad SMARTS) is 1. The van der Waals surface area contributed by atoms with Gasteiger partial charge in [-0.1, -0.05) is 61.9 Å². The highest BCUT2D eigenvalue weighted by molar-refractivity contribution is 6.30. The zero-order valence-corrected chi connectivity index (χ0v) is 21.3. The van der Waals surface area contributed by atoms with Gasteiger partial charge in [0.05, 0.1) is 12.2 Å². The molecule has 36 heavy (non-hydrogen) atoms. The second-order valence-electron chi connectivity index (χ2n) is 9.21. The monoisotopic (exact) mass is 519 g/mol. The van der Waals surface area contributed by atoms with Crippen LogP contribution in [0.15, 0.2) is 42.5 Å². The van der Waals surface area contributed by atoms with Crippen LogP contribution < -0.4 is 16.0 Å². The normalized spacial score (nSPS) is 15.8. The molecule has 7 nitrogen and oxygen atoms in total. The average molecular weight is 520 g/mol. The smallest absolute Gasteiger partial charge is 0.404 e. The third kappa shape index (κ3) is 8.47. The number of amides is 2. The highest BCUT2D eigenvalue weighted by Crippen LogP contribution is 2.30. The summed E-state index contributed by atoms with van der Waals surface area (Å²) >= 11 is 6.16. The first-order valence-electron chi connectivity index (χ1n) is 12.5. The number of carbonyl (C=O) groups is 2. The van der Waals surface area contributed by atoms with Crippen molar-refractivity contribution < 1.29 is 23.8 Å². The fourth-order valence-electron chi connectivity index (χ4n) is 4.71. The van der Waals surface area contributed by atoms with E-state index in [1.54, 1.807) is 24.3 Å². The lowest BCUT2D eigenvalue weighted by Gasteiger charge is -2.26. The lowest BCUT2D eigenvalue weighted by atomic mass is 9.85. The van der Waals surface area contributed by atoms with Crippen LogP contribution in [0.4, 0.5) is 9.18 Å². The van der Waals surface area contributed by atoms with Crippen molar-refractivity contribution in [2.24, 2.45) is 5.92 Å². The highest BCUT2D eigenvalue weighted by Gasteiger charge is 2.22. The predicted octanol–water partition coefficient (Wildman–Crippen LogP) is 5.14. The molecule has 2 amide bonds. The van der Waals surface area contributed by atoms with Gasteiger partial charge in [0.1, 0.15) is 11.9 Å². The van der Waals surface area contributed by atoms with Crippen LogP contribution in [0, 0.1) is 11.7 Å². The molecule has 4 N–H and O–H groups in total. The van der Waals surface area contributed by atoms with Gasteiger partial charge in [-0.05, 0) is 54.8 Å². The van der Waals surface area contributed by atoms with Crippen LogP contribution in [-0.2, 0) is 4.74 Å². The first-order chi connectivity index (χ1) is 17.4. The fraction of sp³-hybridized carbons (Fsp3) is 0.481. The molecule has 0 spiro atoms. The van der Waals surface area contributed by atoms with E-state index in [1.807, 2.05) is 13.1 Å². The Morgan fingerprint density at radius 3 is 2.56 bits per heavy atom. The van der Waals surface area contributed by atoms with Gasteiger partial charge in [0.2, 0.25) is 0 Å². The van der Waals surface area contributed by atoms with Crippen LogP contribution in [-0.4, -0.2) is 49.9 Å². The molecule has 2 atom stereocenters. The number of benzene rings is 2. The van der Waals surface area contributed by atoms with Gasteiger partial charge in [-0.25, -0.2) is 9.18 Å². The van der Waals surface area contributed by atoms with Crippen LogP contribution in [0.2, 0.25) is 5.02 Å². The summed E-state index contributed by atoms with van der Waals surface area (Å²) in [6, 6.07) is 11.4. The molecule has 0 saturated heterocycles. The first-order valence-corrected chi connectivity index (χ1v) is 12.8. The van der Waals surface area contributed by atoms with E-state index in [2.05, 4.69) is 16.0 Å². The summed E-state index contributed by atoms with van der Waals surface area (Å²) in [5.74, 6) is -0.461. The standard InChI is InChI=1S/C27H35ClFN3O4/c1-30-22(14-18-6-3-2-4-7-18)17-32-26(33)23-16-20(10-11-24(23)29)25(36-13-12-31-27(34)35)19-8-5-9-21(28)15-19/h5,8-11,15-16,18,22,25,30-31H,2-4,6-7,12-14,17H2,1H3,(H,32,33)(H,34,35)/t22-,25?/m1/s1. The Balaban J connectivity index is 1.72. The summed E-state index contributed by atoms with van der Waals surface area (Å²) in [5.41, 5.74) is 1.20. The molecule has 1 saturated carbocycles. The number of rotatable bonds is 12. The minimum atomic E-state index is -1.15. The fourth-order valence-corrected chi connectivity index (χ4v) is 4.91. The van der Waals surface area contributed by atoms with Crippen LogP contribution in [0.5, 0.6) is 0 Å². The number of carbonyl (C=O) groups excluding carboxylic acids is 1. The molecule has 0 aromatic heterocycles. The molecule has 1 aliphatic rings. The van der Waals surface area contributed by atoms with Gasteiger partial charge in [-0.2, -0.15) is 0 Å². The molecule has 9 heteroatoms. The molecular weight excluding hydrogens is 485 g/mol. The maximum Gasteiger partial charge on any atom is 0.404 e. The average Bonchev–Trinajstić information content (AvgIpc) is 2.87. The van der Waals surface area contributed by atoms with Crippen molar-refractivity contribution in [2.45, 2.75) is 50.7 Å². The molecule has 0 aliphatic heterocycles. The number of halogens is 2. The first kappa shape index (κ1) is 27.9. The van der Waals surface area contributed by atoms with Crippen molar-refractivity contribution in [1.29, 1.82) is 0 Å². The molecule has 1 fully saturated rings. The minimum absolute atomic E-state index is 0.0701. The highest BCUT2D eigenvalue weighted by atomic mass is 35.5. The summed E-state index contributed by atoms with van der Waals surface area (Å²) in [5, 5.41) is 17.7. The minimum Gasteiger partial charge on any atom is -0.465 e. The zero-order chi connectivity index (χ0) is 25.9. The molecule has 1 aliphatic carbocycles. The molecule has 0 radical (unpaired) electrons. The predicted molar refractivity (Wildman–Crippen MR) is 138 cm³/mol. The molecule has 2 aromatic rings. The van der Waals surface area contributed by atoms with E-state index in [4.69, 9.17) is 21.4 Å². The quantitative estimate of drug-likeness (QED) is 0.291. The Morgan fingerprint density at radius 1 is 1.11 bits per heavy atom. The van der Waals surface area contributed by atoms with Crippen LogP contribution in [0.1, 0.15) is 66.1 Å². The Kier molecular flexibility index (Phi) is 11.0. The molecule has 196 valence electrons. The second-order valence-corrected chi connectivity index (χ2v) is 9.65. The van der Waals surface area contributed by atoms with E-state index in [-0.39, 0.29) is 24.8 Å². The van der Waals surface area contributed by atoms with Crippen LogP contribution in [0.3, 0.4) is 0 Å². The maximum atomic E-state index is 14.7. The third-order valence-electron chi connectivity index (χ3n) is 6.61. The summed E-state index contributed by atoms with van der Waals surface area (Å²) in [6.45, 7) is 0.561. The van der Waals surface area contributed by atoms with E-state index >= 15 is 0 Å². The number of hydrogen-bond donors (Lipinski definition) is 4. The SMILES string of the molecule is CN[C@@H](CNC(=O)c1cc(C(OCCNC(=O)O)c2cccc(Cl)c2)ccc1F)CC1CCCCC1. The van der Waals surface area contributed by atoms with E-state index in [0.717, 1.165) is 6.42 Å². The Hall–Kier alpha value is -2.68. The van der Waals surface area contributed by atoms with Crippen LogP contribution in [0.25, 0.3) is 0 Å². The Labute approximate surface area is 216 Å². The van der Waals surface area contributed by atoms with Crippen molar-refractivity contribution in [3.05, 3.63) is 70.0 Å². The van der Waals surface area contributed by atoms with E-state index in [0.29, 0.717) is 28.6 Å². The number of nitrogens with one attached hydrogen (secondary N) is 3. The van der Waals surface area contributed by atoms with Crippen LogP contribution >= 0.6 is 11.6 Å². The lowest BCUT2D eigenvalue weighted by molar-refractivity contribution is 0.0812. The number of likely N-dealkylation sites (N-methyl/N-ethyl adjacent to an activating group) is 1. The lowest BCUT2D eigenvalue weighted by Crippen LogP contribution is -2.40. The van der Waals surface area contributed by atoms with Crippen molar-refractivity contribution in [3.63, 3.8) is 0 Å². The van der Waals surface area contributed by atoms with Crippen molar-refractivity contribution in [1.82, 2.24) is 16.0 Å². The molecule has 0 heterocycles. The summed E-state index contributed by atoms with van der Waals surface area (Å²) in [4.78, 5) is 23.7. The van der Waals surface area contributed by atoms with Gasteiger partial charge in [-0.3, -0.25) is 4.79 Å². The molecule has 0 bridgehead atoms. The Morgan fingerprint density at radius 2 is 1.86 bits per heavy atom. The largest absolute Gasteiger partial charge is 0.465 e. The summed E-state index contributed by atoms with van der Waals surface area (Å²) in [7, 11) is 1.88. The van der Waals surface area contributed by atoms with Gasteiger partial charge in [0, 0.05) is 24.2 Å². The van der Waals surface area contributed by atoms with Gasteiger partial charge < -0.3 is 25.8 Å². The molecule has 2 aromatic carbocycles. The second kappa shape index (κ2) is 14.2. The topological polar surface area (TPSA) is 99.7 Å². The van der Waals surface area contributed by atoms with Crippen molar-refractivity contribution in [2.75, 3.05) is 26.7 Å². The number of hydrogen-bond acceptors (Lipinski definition) is 4. The van der Waals surface area contributed by atoms with Gasteiger partial charge in [-0.15, -0.1) is 0 Å². The van der Waals surface area contributed by atoms with E-state index in [9.17, 15) is 14.0 Å². The Bertz CT molecular complexity index is 1020. The zero-order valence-electron chi connectivity index (χ0n) is 20.6. The third-order valence-corrected chi connectivity index (χ3v) is 6.85. The summed E-state index contributed by atoms with van der Waals surface area (Å²) < 4.78 is 20.7. The summed E-state index contributed by atoms with van der Waals surface area (Å²) in [6.07, 6.45) is 5.41. The molecular formula is C27H35ClFN3O4. The van der Waals surface area contributed by atoms with Gasteiger partial charge in [0.15, 0.2) is 0 Å². The number of ether oxygens (including phenoxy) is 1. The van der Waals surface area contributed by atoms with E-state index in [1.165, 1.54) is 44.2 Å². The molecule has 3 rings (SSSR count). The molecule has 1 unspecified atom stereocenters. The maximum absolute atomic E-state index is 14.7. The van der Waals surface area contributed by atoms with Gasteiger partial charge in [0.25, 0.3) is 5.91 Å². The van der Waals surface area contributed by atoms with E-state index < -0.39 is 23.9 Å². The van der Waals surface area contributed by atoms with Crippen molar-refractivity contribution in [3.8, 4) is 0 Å².